The average molecular weight is 238 g/mol. The van der Waals surface area contributed by atoms with Crippen molar-refractivity contribution in [2.75, 3.05) is 6.54 Å². The number of nitrogens with two attached hydrogens (primary N) is 1. The van der Waals surface area contributed by atoms with Crippen LogP contribution in [0.5, 0.6) is 0 Å². The van der Waals surface area contributed by atoms with E-state index in [0.717, 1.165) is 5.56 Å². The van der Waals surface area contributed by atoms with E-state index >= 15 is 0 Å². The van der Waals surface area contributed by atoms with Crippen LogP contribution in [0, 0.1) is 5.82 Å². The first kappa shape index (κ1) is 13.6. The van der Waals surface area contributed by atoms with Crippen molar-refractivity contribution in [2.24, 2.45) is 5.73 Å². The Hall–Kier alpha value is -1.42. The first-order valence-electron chi connectivity index (χ1n) is 5.62. The minimum Gasteiger partial charge on any atom is -0.354 e. The summed E-state index contributed by atoms with van der Waals surface area (Å²) in [5, 5.41) is 2.78. The maximum atomic E-state index is 12.8. The van der Waals surface area contributed by atoms with Gasteiger partial charge in [-0.05, 0) is 24.6 Å². The number of rotatable bonds is 4. The molecule has 0 aromatic heterocycles. The minimum absolute atomic E-state index is 0.180. The topological polar surface area (TPSA) is 55.1 Å². The first-order valence-corrected chi connectivity index (χ1v) is 5.62. The molecule has 17 heavy (non-hydrogen) atoms. The standard InChI is InChI=1S/C13H19FN2O/c1-9(15)12(17)16-8-13(2,3)10-4-6-11(14)7-5-10/h4-7,9H,8,15H2,1-3H3,(H,16,17)/t9-/m1/s1. The Morgan fingerprint density at radius 3 is 2.41 bits per heavy atom. The highest BCUT2D eigenvalue weighted by molar-refractivity contribution is 5.81. The zero-order valence-corrected chi connectivity index (χ0v) is 10.5. The van der Waals surface area contributed by atoms with E-state index in [-0.39, 0.29) is 17.1 Å². The van der Waals surface area contributed by atoms with Gasteiger partial charge in [0.2, 0.25) is 5.91 Å². The monoisotopic (exact) mass is 238 g/mol. The van der Waals surface area contributed by atoms with Crippen LogP contribution in [-0.2, 0) is 10.2 Å². The molecule has 1 atom stereocenters. The van der Waals surface area contributed by atoms with Gasteiger partial charge < -0.3 is 11.1 Å². The fourth-order valence-electron chi connectivity index (χ4n) is 1.47. The summed E-state index contributed by atoms with van der Waals surface area (Å²) in [6, 6.07) is 5.79. The van der Waals surface area contributed by atoms with Crippen molar-refractivity contribution < 1.29 is 9.18 Å². The first-order chi connectivity index (χ1) is 7.83. The van der Waals surface area contributed by atoms with Crippen molar-refractivity contribution in [2.45, 2.75) is 32.2 Å². The third-order valence-electron chi connectivity index (χ3n) is 2.74. The lowest BCUT2D eigenvalue weighted by molar-refractivity contribution is -0.122. The van der Waals surface area contributed by atoms with Gasteiger partial charge in [0.25, 0.3) is 0 Å². The SMILES string of the molecule is C[C@@H](N)C(=O)NCC(C)(C)c1ccc(F)cc1. The Bertz CT molecular complexity index is 385. The molecule has 3 nitrogen and oxygen atoms in total. The molecule has 3 N–H and O–H groups in total. The lowest BCUT2D eigenvalue weighted by Crippen LogP contribution is -2.43. The molecule has 1 amide bonds. The minimum atomic E-state index is -0.515. The van der Waals surface area contributed by atoms with Gasteiger partial charge in [-0.3, -0.25) is 4.79 Å². The maximum Gasteiger partial charge on any atom is 0.236 e. The second-order valence-corrected chi connectivity index (χ2v) is 4.90. The molecule has 1 aromatic carbocycles. The van der Waals surface area contributed by atoms with Crippen molar-refractivity contribution in [3.63, 3.8) is 0 Å². The Kier molecular flexibility index (Phi) is 4.23. The molecule has 1 aromatic rings. The fraction of sp³-hybridized carbons (Fsp3) is 0.462. The third-order valence-corrected chi connectivity index (χ3v) is 2.74. The smallest absolute Gasteiger partial charge is 0.236 e. The maximum absolute atomic E-state index is 12.8. The van der Waals surface area contributed by atoms with Gasteiger partial charge >= 0.3 is 0 Å². The summed E-state index contributed by atoms with van der Waals surface area (Å²) in [4.78, 5) is 11.4. The van der Waals surface area contributed by atoms with E-state index in [1.54, 1.807) is 19.1 Å². The van der Waals surface area contributed by atoms with Crippen molar-refractivity contribution >= 4 is 5.91 Å². The molecular formula is C13H19FN2O. The number of halogens is 1. The molecule has 0 spiro atoms. The fourth-order valence-corrected chi connectivity index (χ4v) is 1.47. The summed E-state index contributed by atoms with van der Waals surface area (Å²) in [5.74, 6) is -0.440. The van der Waals surface area contributed by atoms with Gasteiger partial charge in [-0.15, -0.1) is 0 Å². The van der Waals surface area contributed by atoms with Gasteiger partial charge in [0.05, 0.1) is 6.04 Å². The van der Waals surface area contributed by atoms with E-state index in [0.29, 0.717) is 6.54 Å². The van der Waals surface area contributed by atoms with Crippen molar-refractivity contribution in [3.05, 3.63) is 35.6 Å². The van der Waals surface area contributed by atoms with Gasteiger partial charge in [0, 0.05) is 12.0 Å². The highest BCUT2D eigenvalue weighted by Gasteiger charge is 2.22. The summed E-state index contributed by atoms with van der Waals surface area (Å²) >= 11 is 0. The number of benzene rings is 1. The Labute approximate surface area is 101 Å². The number of carbonyl (C=O) groups is 1. The molecule has 4 heteroatoms. The molecule has 94 valence electrons. The molecule has 0 saturated carbocycles. The van der Waals surface area contributed by atoms with Crippen LogP contribution >= 0.6 is 0 Å². The van der Waals surface area contributed by atoms with Crippen LogP contribution in [0.2, 0.25) is 0 Å². The van der Waals surface area contributed by atoms with Crippen LogP contribution in [0.1, 0.15) is 26.3 Å². The Morgan fingerprint density at radius 2 is 1.94 bits per heavy atom. The Balaban J connectivity index is 2.68. The normalized spacial score (nSPS) is 13.2. The summed E-state index contributed by atoms with van der Waals surface area (Å²) in [6.07, 6.45) is 0. The molecule has 0 radical (unpaired) electrons. The zero-order chi connectivity index (χ0) is 13.1. The van der Waals surface area contributed by atoms with Crippen LogP contribution in [0.15, 0.2) is 24.3 Å². The number of carbonyl (C=O) groups excluding carboxylic acids is 1. The van der Waals surface area contributed by atoms with Gasteiger partial charge in [0.15, 0.2) is 0 Å². The molecule has 0 aliphatic carbocycles. The molecule has 0 bridgehead atoms. The van der Waals surface area contributed by atoms with Crippen molar-refractivity contribution in [1.82, 2.24) is 5.32 Å². The zero-order valence-electron chi connectivity index (χ0n) is 10.5. The van der Waals surface area contributed by atoms with Gasteiger partial charge in [-0.2, -0.15) is 0 Å². The van der Waals surface area contributed by atoms with Gasteiger partial charge in [-0.25, -0.2) is 4.39 Å². The molecule has 0 saturated heterocycles. The third kappa shape index (κ3) is 3.82. The predicted molar refractivity (Wildman–Crippen MR) is 66.1 cm³/mol. The number of hydrogen-bond donors (Lipinski definition) is 2. The second-order valence-electron chi connectivity index (χ2n) is 4.90. The van der Waals surface area contributed by atoms with E-state index in [4.69, 9.17) is 5.73 Å². The van der Waals surface area contributed by atoms with E-state index in [1.165, 1.54) is 12.1 Å². The van der Waals surface area contributed by atoms with E-state index in [9.17, 15) is 9.18 Å². The highest BCUT2D eigenvalue weighted by Crippen LogP contribution is 2.22. The van der Waals surface area contributed by atoms with Gasteiger partial charge in [0.1, 0.15) is 5.82 Å². The van der Waals surface area contributed by atoms with Gasteiger partial charge in [-0.1, -0.05) is 26.0 Å². The molecule has 0 aliphatic rings. The van der Waals surface area contributed by atoms with E-state index in [2.05, 4.69) is 5.32 Å². The molecule has 1 rings (SSSR count). The van der Waals surface area contributed by atoms with Crippen LogP contribution < -0.4 is 11.1 Å². The quantitative estimate of drug-likeness (QED) is 0.836. The number of amides is 1. The van der Waals surface area contributed by atoms with Crippen LogP contribution in [-0.4, -0.2) is 18.5 Å². The lowest BCUT2D eigenvalue weighted by Gasteiger charge is -2.26. The summed E-state index contributed by atoms with van der Waals surface area (Å²) in [6.45, 7) is 6.09. The van der Waals surface area contributed by atoms with Crippen LogP contribution in [0.4, 0.5) is 4.39 Å². The number of hydrogen-bond acceptors (Lipinski definition) is 2. The molecule has 0 unspecified atom stereocenters. The van der Waals surface area contributed by atoms with E-state index < -0.39 is 6.04 Å². The van der Waals surface area contributed by atoms with Crippen LogP contribution in [0.3, 0.4) is 0 Å². The van der Waals surface area contributed by atoms with Crippen molar-refractivity contribution in [1.29, 1.82) is 0 Å². The highest BCUT2D eigenvalue weighted by atomic mass is 19.1. The van der Waals surface area contributed by atoms with Crippen LogP contribution in [0.25, 0.3) is 0 Å². The summed E-state index contributed by atoms with van der Waals surface area (Å²) in [7, 11) is 0. The Morgan fingerprint density at radius 1 is 1.41 bits per heavy atom. The molecule has 0 aliphatic heterocycles. The summed E-state index contributed by atoms with van der Waals surface area (Å²) in [5.41, 5.74) is 6.19. The number of nitrogens with one attached hydrogen (secondary N) is 1. The van der Waals surface area contributed by atoms with E-state index in [1.807, 2.05) is 13.8 Å². The van der Waals surface area contributed by atoms with Crippen molar-refractivity contribution in [3.8, 4) is 0 Å². The predicted octanol–water partition coefficient (Wildman–Crippen LogP) is 1.57. The largest absolute Gasteiger partial charge is 0.354 e. The average Bonchev–Trinajstić information content (AvgIpc) is 2.26. The second kappa shape index (κ2) is 5.27. The molecule has 0 heterocycles. The summed E-state index contributed by atoms with van der Waals surface area (Å²) < 4.78 is 12.8. The molecular weight excluding hydrogens is 219 g/mol. The lowest BCUT2D eigenvalue weighted by atomic mass is 9.84. The molecule has 0 fully saturated rings.